The molecule has 3 heterocycles. The zero-order chi connectivity index (χ0) is 23.9. The largest absolute Gasteiger partial charge is 0.494 e. The van der Waals surface area contributed by atoms with Gasteiger partial charge in [-0.3, -0.25) is 23.3 Å². The molecule has 1 aromatic carbocycles. The fraction of sp³-hybridized carbons (Fsp3) is 0.417. The topological polar surface area (TPSA) is 104 Å². The Labute approximate surface area is 190 Å². The molecule has 174 valence electrons. The summed E-state index contributed by atoms with van der Waals surface area (Å²) in [6, 6.07) is 9.38. The molecule has 9 nitrogen and oxygen atoms in total. The van der Waals surface area contributed by atoms with E-state index in [1.54, 1.807) is 4.57 Å². The van der Waals surface area contributed by atoms with Crippen molar-refractivity contribution >= 4 is 16.9 Å². The van der Waals surface area contributed by atoms with Gasteiger partial charge in [-0.25, -0.2) is 9.20 Å². The minimum Gasteiger partial charge on any atom is -0.494 e. The van der Waals surface area contributed by atoms with E-state index < -0.39 is 16.8 Å². The van der Waals surface area contributed by atoms with Crippen LogP contribution in [0.2, 0.25) is 0 Å². The Morgan fingerprint density at radius 1 is 1.03 bits per heavy atom. The second-order valence-corrected chi connectivity index (χ2v) is 8.85. The molecule has 0 bridgehead atoms. The van der Waals surface area contributed by atoms with Crippen LogP contribution in [0.25, 0.3) is 16.9 Å². The van der Waals surface area contributed by atoms with E-state index in [9.17, 15) is 19.5 Å². The third-order valence-corrected chi connectivity index (χ3v) is 5.86. The van der Waals surface area contributed by atoms with E-state index in [0.717, 1.165) is 23.0 Å². The van der Waals surface area contributed by atoms with Gasteiger partial charge < -0.3 is 5.11 Å². The van der Waals surface area contributed by atoms with E-state index in [1.165, 1.54) is 16.0 Å². The number of aromatic hydroxyl groups is 1. The summed E-state index contributed by atoms with van der Waals surface area (Å²) in [7, 11) is 1.40. The first-order valence-corrected chi connectivity index (χ1v) is 11.3. The molecule has 0 fully saturated rings. The standard InChI is InChI=1S/C24H29N5O4/c1-5-6-12-27-20(30)17(13-16-10-8-7-9-11-16)21(31)29-18-19(25-23(27)29)28(14-15(2)3)24(33)26(4)22(18)32/h7-11,15,30H,5-6,12-14H2,1-4H3. The summed E-state index contributed by atoms with van der Waals surface area (Å²) in [6.07, 6.45) is 1.82. The van der Waals surface area contributed by atoms with Crippen LogP contribution in [-0.2, 0) is 26.6 Å². The Kier molecular flexibility index (Phi) is 5.97. The molecule has 9 heteroatoms. The Morgan fingerprint density at radius 3 is 2.36 bits per heavy atom. The molecule has 33 heavy (non-hydrogen) atoms. The second-order valence-electron chi connectivity index (χ2n) is 8.85. The quantitative estimate of drug-likeness (QED) is 0.464. The summed E-state index contributed by atoms with van der Waals surface area (Å²) in [5, 5.41) is 11.1. The smallest absolute Gasteiger partial charge is 0.332 e. The highest BCUT2D eigenvalue weighted by Crippen LogP contribution is 2.23. The van der Waals surface area contributed by atoms with Crippen LogP contribution in [0.5, 0.6) is 5.88 Å². The Bertz CT molecular complexity index is 1510. The lowest BCUT2D eigenvalue weighted by Gasteiger charge is -2.14. The number of hydrogen-bond acceptors (Lipinski definition) is 5. The second kappa shape index (κ2) is 8.73. The van der Waals surface area contributed by atoms with Crippen LogP contribution in [0, 0.1) is 5.92 Å². The molecule has 0 saturated heterocycles. The van der Waals surface area contributed by atoms with Gasteiger partial charge in [0.2, 0.25) is 11.7 Å². The van der Waals surface area contributed by atoms with Gasteiger partial charge in [-0.15, -0.1) is 0 Å². The van der Waals surface area contributed by atoms with E-state index in [4.69, 9.17) is 0 Å². The average Bonchev–Trinajstić information content (AvgIpc) is 3.19. The monoisotopic (exact) mass is 451 g/mol. The van der Waals surface area contributed by atoms with Crippen molar-refractivity contribution < 1.29 is 5.11 Å². The van der Waals surface area contributed by atoms with Gasteiger partial charge in [0.1, 0.15) is 0 Å². The predicted molar refractivity (Wildman–Crippen MR) is 127 cm³/mol. The average molecular weight is 452 g/mol. The van der Waals surface area contributed by atoms with Crippen LogP contribution < -0.4 is 16.8 Å². The molecule has 0 saturated carbocycles. The van der Waals surface area contributed by atoms with E-state index in [2.05, 4.69) is 4.98 Å². The van der Waals surface area contributed by atoms with Crippen molar-refractivity contribution in [3.8, 4) is 5.88 Å². The van der Waals surface area contributed by atoms with Crippen molar-refractivity contribution in [2.45, 2.75) is 53.1 Å². The van der Waals surface area contributed by atoms with Crippen LogP contribution in [0.15, 0.2) is 44.7 Å². The van der Waals surface area contributed by atoms with E-state index in [1.807, 2.05) is 51.1 Å². The maximum atomic E-state index is 13.7. The van der Waals surface area contributed by atoms with E-state index in [0.29, 0.717) is 13.1 Å². The highest BCUT2D eigenvalue weighted by molar-refractivity contribution is 5.75. The maximum absolute atomic E-state index is 13.7. The lowest BCUT2D eigenvalue weighted by molar-refractivity contribution is 0.401. The highest BCUT2D eigenvalue weighted by atomic mass is 16.3. The Balaban J connectivity index is 2.16. The molecule has 3 aromatic heterocycles. The SMILES string of the molecule is CCCCn1c(O)c(Cc2ccccc2)c(=O)n2c3c(=O)n(C)c(=O)n(CC(C)C)c3nc12. The van der Waals surface area contributed by atoms with Crippen molar-refractivity contribution in [2.75, 3.05) is 0 Å². The van der Waals surface area contributed by atoms with Gasteiger partial charge in [-0.05, 0) is 17.9 Å². The normalized spacial score (nSPS) is 11.8. The lowest BCUT2D eigenvalue weighted by atomic mass is 10.1. The van der Waals surface area contributed by atoms with Crippen LogP contribution in [0.4, 0.5) is 0 Å². The maximum Gasteiger partial charge on any atom is 0.332 e. The van der Waals surface area contributed by atoms with Crippen molar-refractivity contribution in [3.63, 3.8) is 0 Å². The summed E-state index contributed by atoms with van der Waals surface area (Å²) in [4.78, 5) is 44.3. The summed E-state index contributed by atoms with van der Waals surface area (Å²) in [5.74, 6) is 0.127. The fourth-order valence-corrected chi connectivity index (χ4v) is 4.16. The molecule has 1 N–H and O–H groups in total. The molecule has 4 rings (SSSR count). The number of aryl methyl sites for hydroxylation is 1. The van der Waals surface area contributed by atoms with Gasteiger partial charge in [-0.1, -0.05) is 57.5 Å². The summed E-state index contributed by atoms with van der Waals surface area (Å²) in [5.41, 5.74) is -0.307. The molecular formula is C24H29N5O4. The number of nitrogens with zero attached hydrogens (tertiary/aromatic N) is 5. The lowest BCUT2D eigenvalue weighted by Crippen LogP contribution is -2.39. The van der Waals surface area contributed by atoms with Crippen molar-refractivity contribution in [1.82, 2.24) is 23.1 Å². The number of fused-ring (bicyclic) bond motifs is 3. The van der Waals surface area contributed by atoms with Crippen molar-refractivity contribution in [1.29, 1.82) is 0 Å². The van der Waals surface area contributed by atoms with Crippen LogP contribution in [0.1, 0.15) is 44.7 Å². The van der Waals surface area contributed by atoms with Crippen LogP contribution >= 0.6 is 0 Å². The van der Waals surface area contributed by atoms with Crippen molar-refractivity contribution in [2.24, 2.45) is 13.0 Å². The highest BCUT2D eigenvalue weighted by Gasteiger charge is 2.25. The van der Waals surface area contributed by atoms with Gasteiger partial charge in [-0.2, -0.15) is 4.98 Å². The summed E-state index contributed by atoms with van der Waals surface area (Å²) < 4.78 is 5.29. The number of unbranched alkanes of at least 4 members (excludes halogenated alkanes) is 1. The Hall–Kier alpha value is -3.62. The van der Waals surface area contributed by atoms with Gasteiger partial charge in [0.05, 0.1) is 5.56 Å². The molecule has 0 spiro atoms. The minimum atomic E-state index is -0.585. The zero-order valence-electron chi connectivity index (χ0n) is 19.4. The first kappa shape index (κ1) is 22.6. The summed E-state index contributed by atoms with van der Waals surface area (Å²) in [6.45, 7) is 6.72. The first-order valence-electron chi connectivity index (χ1n) is 11.3. The van der Waals surface area contributed by atoms with E-state index >= 15 is 0 Å². The third kappa shape index (κ3) is 3.77. The number of rotatable bonds is 7. The molecule has 0 aliphatic carbocycles. The van der Waals surface area contributed by atoms with Gasteiger partial charge in [0.25, 0.3) is 11.1 Å². The molecule has 0 unspecified atom stereocenters. The fourth-order valence-electron chi connectivity index (χ4n) is 4.16. The summed E-state index contributed by atoms with van der Waals surface area (Å²) >= 11 is 0. The number of aromatic nitrogens is 5. The predicted octanol–water partition coefficient (Wildman–Crippen LogP) is 2.26. The van der Waals surface area contributed by atoms with E-state index in [-0.39, 0.29) is 40.7 Å². The molecule has 0 atom stereocenters. The number of benzene rings is 1. The van der Waals surface area contributed by atoms with Crippen LogP contribution in [0.3, 0.4) is 0 Å². The minimum absolute atomic E-state index is 0.0531. The zero-order valence-corrected chi connectivity index (χ0v) is 19.4. The number of hydrogen-bond donors (Lipinski definition) is 1. The molecule has 0 aliphatic heterocycles. The van der Waals surface area contributed by atoms with Gasteiger partial charge in [0.15, 0.2) is 11.2 Å². The molecule has 0 aliphatic rings. The first-order chi connectivity index (χ1) is 15.8. The number of imidazole rings is 1. The van der Waals surface area contributed by atoms with Gasteiger partial charge in [0, 0.05) is 26.6 Å². The molecular weight excluding hydrogens is 422 g/mol. The van der Waals surface area contributed by atoms with Crippen molar-refractivity contribution in [3.05, 3.63) is 72.7 Å². The molecule has 4 aromatic rings. The van der Waals surface area contributed by atoms with Gasteiger partial charge >= 0.3 is 5.69 Å². The van der Waals surface area contributed by atoms with Crippen LogP contribution in [-0.4, -0.2) is 28.2 Å². The third-order valence-electron chi connectivity index (χ3n) is 5.86. The Morgan fingerprint density at radius 2 is 1.73 bits per heavy atom. The molecule has 0 amide bonds. The molecule has 0 radical (unpaired) electrons.